The number of hydrogen-bond donors (Lipinski definition) is 2. The Morgan fingerprint density at radius 1 is 1.43 bits per heavy atom. The van der Waals surface area contributed by atoms with Crippen LogP contribution >= 0.6 is 0 Å². The summed E-state index contributed by atoms with van der Waals surface area (Å²) in [6.45, 7) is 9.19. The van der Waals surface area contributed by atoms with E-state index in [0.717, 1.165) is 56.0 Å². The Bertz CT molecular complexity index is 520. The van der Waals surface area contributed by atoms with Gasteiger partial charge >= 0.3 is 0 Å². The van der Waals surface area contributed by atoms with Gasteiger partial charge in [0.05, 0.1) is 0 Å². The molecule has 1 aliphatic heterocycles. The molecule has 0 radical (unpaired) electrons. The summed E-state index contributed by atoms with van der Waals surface area (Å²) in [7, 11) is 0. The van der Waals surface area contributed by atoms with E-state index in [1.807, 2.05) is 6.92 Å². The molecule has 0 bridgehead atoms. The fourth-order valence-electron chi connectivity index (χ4n) is 2.92. The number of guanidine groups is 1. The van der Waals surface area contributed by atoms with Gasteiger partial charge in [0.15, 0.2) is 5.96 Å². The van der Waals surface area contributed by atoms with E-state index in [0.29, 0.717) is 12.0 Å². The third-order valence-electron chi connectivity index (χ3n) is 4.51. The molecule has 3 atom stereocenters. The third kappa shape index (κ3) is 3.36. The third-order valence-corrected chi connectivity index (χ3v) is 4.51. The average Bonchev–Trinajstić information content (AvgIpc) is 3.04. The molecule has 1 aromatic heterocycles. The molecule has 3 unspecified atom stereocenters. The molecule has 2 N–H and O–H groups in total. The Morgan fingerprint density at radius 3 is 2.95 bits per heavy atom. The first-order chi connectivity index (χ1) is 10.2. The molecule has 2 aliphatic rings. The van der Waals surface area contributed by atoms with Crippen molar-refractivity contribution in [2.45, 2.75) is 52.6 Å². The van der Waals surface area contributed by atoms with E-state index in [4.69, 9.17) is 4.99 Å². The van der Waals surface area contributed by atoms with Gasteiger partial charge in [-0.1, -0.05) is 6.92 Å². The van der Waals surface area contributed by atoms with Crippen LogP contribution < -0.4 is 10.6 Å². The number of aliphatic imine (C=N–C) groups is 1. The lowest BCUT2D eigenvalue weighted by atomic mass is 9.99. The number of hydrogen-bond acceptors (Lipinski definition) is 3. The van der Waals surface area contributed by atoms with Gasteiger partial charge in [-0.2, -0.15) is 0 Å². The number of rotatable bonds is 4. The summed E-state index contributed by atoms with van der Waals surface area (Å²) in [4.78, 5) is 4.78. The molecule has 1 fully saturated rings. The number of aryl methyl sites for hydroxylation is 2. The maximum absolute atomic E-state index is 4.78. The predicted molar refractivity (Wildman–Crippen MR) is 83.3 cm³/mol. The molecule has 2 heterocycles. The zero-order valence-corrected chi connectivity index (χ0v) is 13.3. The van der Waals surface area contributed by atoms with E-state index in [9.17, 15) is 0 Å². The number of nitrogens with one attached hydrogen (secondary N) is 2. The highest BCUT2D eigenvalue weighted by atomic mass is 15.3. The predicted octanol–water partition coefficient (Wildman–Crippen LogP) is 1.11. The van der Waals surface area contributed by atoms with Crippen molar-refractivity contribution < 1.29 is 0 Å². The Morgan fingerprint density at radius 2 is 2.24 bits per heavy atom. The topological polar surface area (TPSA) is 67.1 Å². The lowest BCUT2D eigenvalue weighted by Crippen LogP contribution is -2.39. The average molecular weight is 290 g/mol. The molecule has 0 saturated heterocycles. The smallest absolute Gasteiger partial charge is 0.191 e. The first kappa shape index (κ1) is 14.4. The van der Waals surface area contributed by atoms with Crippen molar-refractivity contribution in [3.05, 3.63) is 11.6 Å². The van der Waals surface area contributed by atoms with Crippen molar-refractivity contribution >= 4 is 5.96 Å². The molecule has 1 saturated carbocycles. The van der Waals surface area contributed by atoms with Gasteiger partial charge in [-0.15, -0.1) is 10.2 Å². The van der Waals surface area contributed by atoms with Crippen LogP contribution in [-0.4, -0.2) is 39.9 Å². The van der Waals surface area contributed by atoms with Crippen molar-refractivity contribution in [1.82, 2.24) is 25.4 Å². The van der Waals surface area contributed by atoms with Gasteiger partial charge in [0, 0.05) is 32.1 Å². The van der Waals surface area contributed by atoms with Crippen LogP contribution in [0.25, 0.3) is 0 Å². The monoisotopic (exact) mass is 290 g/mol. The van der Waals surface area contributed by atoms with Crippen LogP contribution in [-0.2, 0) is 13.0 Å². The van der Waals surface area contributed by atoms with Gasteiger partial charge in [0.1, 0.15) is 11.6 Å². The zero-order chi connectivity index (χ0) is 14.8. The van der Waals surface area contributed by atoms with Crippen molar-refractivity contribution in [2.24, 2.45) is 16.8 Å². The molecule has 0 spiro atoms. The summed E-state index contributed by atoms with van der Waals surface area (Å²) in [5, 5.41) is 15.3. The van der Waals surface area contributed by atoms with Crippen LogP contribution in [0, 0.1) is 18.8 Å². The summed E-state index contributed by atoms with van der Waals surface area (Å²) in [6.07, 6.45) is 3.43. The number of fused-ring (bicyclic) bond motifs is 1. The molecule has 0 amide bonds. The maximum Gasteiger partial charge on any atom is 0.191 e. The first-order valence-electron chi connectivity index (χ1n) is 8.11. The first-order valence-corrected chi connectivity index (χ1v) is 8.11. The quantitative estimate of drug-likeness (QED) is 0.644. The van der Waals surface area contributed by atoms with Gasteiger partial charge in [0.25, 0.3) is 0 Å². The Kier molecular flexibility index (Phi) is 4.12. The van der Waals surface area contributed by atoms with Crippen LogP contribution in [0.15, 0.2) is 4.99 Å². The van der Waals surface area contributed by atoms with Gasteiger partial charge in [-0.05, 0) is 38.5 Å². The fraction of sp³-hybridized carbons (Fsp3) is 0.800. The van der Waals surface area contributed by atoms with Crippen LogP contribution in [0.4, 0.5) is 0 Å². The molecular weight excluding hydrogens is 264 g/mol. The van der Waals surface area contributed by atoms with Gasteiger partial charge in [0.2, 0.25) is 0 Å². The van der Waals surface area contributed by atoms with E-state index in [1.165, 1.54) is 6.42 Å². The molecule has 3 rings (SSSR count). The Labute approximate surface area is 126 Å². The molecule has 0 aromatic carbocycles. The van der Waals surface area contributed by atoms with E-state index in [2.05, 4.69) is 39.2 Å². The standard InChI is InChI=1S/C15H26N6/c1-4-16-15(18-13-7-10(13)2)17-8-12-5-6-14-20-19-11(3)21(14)9-12/h10,12-13H,4-9H2,1-3H3,(H2,16,17,18). The minimum atomic E-state index is 0.583. The van der Waals surface area contributed by atoms with Gasteiger partial charge < -0.3 is 15.2 Å². The van der Waals surface area contributed by atoms with Crippen molar-refractivity contribution in [3.63, 3.8) is 0 Å². The van der Waals surface area contributed by atoms with Crippen LogP contribution in [0.2, 0.25) is 0 Å². The maximum atomic E-state index is 4.78. The minimum Gasteiger partial charge on any atom is -0.357 e. The minimum absolute atomic E-state index is 0.583. The molecule has 1 aliphatic carbocycles. The lowest BCUT2D eigenvalue weighted by molar-refractivity contribution is 0.369. The summed E-state index contributed by atoms with van der Waals surface area (Å²) in [5.74, 6) is 4.49. The SMILES string of the molecule is CCNC(=NCC1CCc2nnc(C)n2C1)NC1CC1C. The number of aromatic nitrogens is 3. The van der Waals surface area contributed by atoms with Crippen LogP contribution in [0.5, 0.6) is 0 Å². The van der Waals surface area contributed by atoms with E-state index >= 15 is 0 Å². The van der Waals surface area contributed by atoms with Gasteiger partial charge in [-0.3, -0.25) is 4.99 Å². The van der Waals surface area contributed by atoms with Crippen molar-refractivity contribution in [2.75, 3.05) is 13.1 Å². The zero-order valence-electron chi connectivity index (χ0n) is 13.3. The second-order valence-corrected chi connectivity index (χ2v) is 6.36. The highest BCUT2D eigenvalue weighted by molar-refractivity contribution is 5.80. The Hall–Kier alpha value is -1.59. The Balaban J connectivity index is 1.57. The molecule has 21 heavy (non-hydrogen) atoms. The summed E-state index contributed by atoms with van der Waals surface area (Å²) < 4.78 is 2.24. The molecular formula is C15H26N6. The molecule has 6 nitrogen and oxygen atoms in total. The van der Waals surface area contributed by atoms with E-state index in [1.54, 1.807) is 0 Å². The largest absolute Gasteiger partial charge is 0.357 e. The second kappa shape index (κ2) is 6.03. The lowest BCUT2D eigenvalue weighted by Gasteiger charge is -2.23. The molecule has 116 valence electrons. The van der Waals surface area contributed by atoms with Crippen LogP contribution in [0.1, 0.15) is 38.3 Å². The fourth-order valence-corrected chi connectivity index (χ4v) is 2.92. The molecule has 1 aromatic rings. The second-order valence-electron chi connectivity index (χ2n) is 6.36. The summed E-state index contributed by atoms with van der Waals surface area (Å²) in [5.41, 5.74) is 0. The number of nitrogens with zero attached hydrogens (tertiary/aromatic N) is 4. The van der Waals surface area contributed by atoms with Crippen LogP contribution in [0.3, 0.4) is 0 Å². The summed E-state index contributed by atoms with van der Waals surface area (Å²) in [6, 6.07) is 0.612. The normalized spacial score (nSPS) is 28.1. The highest BCUT2D eigenvalue weighted by Gasteiger charge is 2.33. The molecule has 6 heteroatoms. The summed E-state index contributed by atoms with van der Waals surface area (Å²) >= 11 is 0. The van der Waals surface area contributed by atoms with Crippen molar-refractivity contribution in [3.8, 4) is 0 Å². The van der Waals surface area contributed by atoms with Gasteiger partial charge in [-0.25, -0.2) is 0 Å². The van der Waals surface area contributed by atoms with E-state index < -0.39 is 0 Å². The highest BCUT2D eigenvalue weighted by Crippen LogP contribution is 2.28. The van der Waals surface area contributed by atoms with E-state index in [-0.39, 0.29) is 0 Å². The van der Waals surface area contributed by atoms with Crippen molar-refractivity contribution in [1.29, 1.82) is 0 Å².